The molecule has 0 saturated carbocycles. The zero-order valence-corrected chi connectivity index (χ0v) is 11.0. The molecule has 1 unspecified atom stereocenters. The molecule has 3 N–H and O–H groups in total. The Balaban J connectivity index is 2.76. The lowest BCUT2D eigenvalue weighted by Crippen LogP contribution is -2.43. The van der Waals surface area contributed by atoms with E-state index in [0.29, 0.717) is 11.6 Å². The van der Waals surface area contributed by atoms with Gasteiger partial charge < -0.3 is 15.2 Å². The number of carbonyl (C=O) groups is 2. The lowest BCUT2D eigenvalue weighted by Gasteiger charge is -2.11. The Morgan fingerprint density at radius 3 is 2.74 bits per heavy atom. The Bertz CT molecular complexity index is 478. The molecule has 1 aromatic rings. The maximum absolute atomic E-state index is 11.7. The van der Waals surface area contributed by atoms with E-state index in [1.807, 2.05) is 0 Å². The van der Waals surface area contributed by atoms with Crippen LogP contribution in [0.3, 0.4) is 0 Å². The summed E-state index contributed by atoms with van der Waals surface area (Å²) in [5, 5.41) is 2.33. The second-order valence-corrected chi connectivity index (χ2v) is 3.59. The van der Waals surface area contributed by atoms with Crippen LogP contribution >= 0.6 is 0 Å². The van der Waals surface area contributed by atoms with Gasteiger partial charge in [0.05, 0.1) is 13.7 Å². The first-order chi connectivity index (χ1) is 8.97. The molecule has 0 radical (unpaired) electrons. The number of hydrogen-bond donors (Lipinski definition) is 2. The van der Waals surface area contributed by atoms with Crippen LogP contribution in [0.1, 0.15) is 12.6 Å². The molecule has 0 aliphatic rings. The van der Waals surface area contributed by atoms with Gasteiger partial charge in [0.25, 0.3) is 5.91 Å². The van der Waals surface area contributed by atoms with Gasteiger partial charge in [0.2, 0.25) is 11.8 Å². The minimum Gasteiger partial charge on any atom is -0.481 e. The highest BCUT2D eigenvalue weighted by Gasteiger charge is 2.24. The predicted molar refractivity (Wildman–Crippen MR) is 66.6 cm³/mol. The molecule has 0 aromatic carbocycles. The maximum atomic E-state index is 11.7. The van der Waals surface area contributed by atoms with E-state index in [2.05, 4.69) is 20.0 Å². The van der Waals surface area contributed by atoms with Crippen LogP contribution in [0, 0.1) is 6.92 Å². The van der Waals surface area contributed by atoms with Crippen molar-refractivity contribution < 1.29 is 19.1 Å². The van der Waals surface area contributed by atoms with Crippen LogP contribution in [-0.2, 0) is 14.3 Å². The van der Waals surface area contributed by atoms with Gasteiger partial charge >= 0.3 is 5.97 Å². The third-order valence-corrected chi connectivity index (χ3v) is 2.10. The average molecular weight is 268 g/mol. The van der Waals surface area contributed by atoms with Crippen LogP contribution in [0.4, 0.5) is 5.95 Å². The van der Waals surface area contributed by atoms with Crippen LogP contribution in [-0.4, -0.2) is 41.6 Å². The molecule has 0 spiro atoms. The van der Waals surface area contributed by atoms with Crippen LogP contribution in [0.25, 0.3) is 0 Å². The Morgan fingerprint density at radius 2 is 2.16 bits per heavy atom. The van der Waals surface area contributed by atoms with Gasteiger partial charge in [-0.1, -0.05) is 0 Å². The Hall–Kier alpha value is -2.22. The van der Waals surface area contributed by atoms with E-state index < -0.39 is 17.9 Å². The summed E-state index contributed by atoms with van der Waals surface area (Å²) in [5.41, 5.74) is 6.03. The number of aryl methyl sites for hydroxylation is 1. The number of hydrogen-bond acceptors (Lipinski definition) is 7. The quantitative estimate of drug-likeness (QED) is 0.552. The molecule has 104 valence electrons. The van der Waals surface area contributed by atoms with Crippen molar-refractivity contribution in [3.8, 4) is 5.88 Å². The zero-order valence-electron chi connectivity index (χ0n) is 11.0. The van der Waals surface area contributed by atoms with Crippen LogP contribution < -0.4 is 15.8 Å². The molecule has 0 saturated heterocycles. The van der Waals surface area contributed by atoms with Crippen molar-refractivity contribution in [3.05, 3.63) is 11.8 Å². The number of rotatable bonds is 5. The van der Waals surface area contributed by atoms with E-state index in [1.165, 1.54) is 7.11 Å². The highest BCUT2D eigenvalue weighted by atomic mass is 16.5. The number of nitrogens with zero attached hydrogens (tertiary/aromatic N) is 2. The smallest absolute Gasteiger partial charge is 0.332 e. The monoisotopic (exact) mass is 268 g/mol. The van der Waals surface area contributed by atoms with Crippen molar-refractivity contribution in [2.45, 2.75) is 19.9 Å². The topological polar surface area (TPSA) is 116 Å². The van der Waals surface area contributed by atoms with Gasteiger partial charge in [-0.2, -0.15) is 4.98 Å². The van der Waals surface area contributed by atoms with E-state index in [0.717, 1.165) is 0 Å². The molecule has 1 amide bonds. The fourth-order valence-electron chi connectivity index (χ4n) is 1.23. The van der Waals surface area contributed by atoms with Gasteiger partial charge in [-0.15, -0.1) is 0 Å². The van der Waals surface area contributed by atoms with E-state index in [1.54, 1.807) is 19.9 Å². The Labute approximate surface area is 110 Å². The number of methoxy groups -OCH3 is 1. The highest BCUT2D eigenvalue weighted by Crippen LogP contribution is 2.11. The average Bonchev–Trinajstić information content (AvgIpc) is 2.37. The first-order valence-electron chi connectivity index (χ1n) is 5.60. The lowest BCUT2D eigenvalue weighted by atomic mass is 10.3. The predicted octanol–water partition coefficient (Wildman–Crippen LogP) is -0.377. The van der Waals surface area contributed by atoms with E-state index >= 15 is 0 Å². The van der Waals surface area contributed by atoms with Gasteiger partial charge in [0, 0.05) is 11.8 Å². The largest absolute Gasteiger partial charge is 0.481 e. The fourth-order valence-corrected chi connectivity index (χ4v) is 1.23. The first-order valence-corrected chi connectivity index (χ1v) is 5.60. The molecule has 19 heavy (non-hydrogen) atoms. The van der Waals surface area contributed by atoms with Gasteiger partial charge in [-0.25, -0.2) is 9.78 Å². The van der Waals surface area contributed by atoms with Gasteiger partial charge in [-0.3, -0.25) is 10.1 Å². The maximum Gasteiger partial charge on any atom is 0.332 e. The Morgan fingerprint density at radius 1 is 1.47 bits per heavy atom. The minimum atomic E-state index is -1.42. The molecule has 0 bridgehead atoms. The molecule has 8 nitrogen and oxygen atoms in total. The Kier molecular flexibility index (Phi) is 5.19. The summed E-state index contributed by atoms with van der Waals surface area (Å²) in [7, 11) is 1.44. The molecular weight excluding hydrogens is 252 g/mol. The third-order valence-electron chi connectivity index (χ3n) is 2.10. The van der Waals surface area contributed by atoms with Crippen LogP contribution in [0.15, 0.2) is 6.07 Å². The summed E-state index contributed by atoms with van der Waals surface area (Å²) in [6.45, 7) is 3.48. The third kappa shape index (κ3) is 4.18. The molecule has 1 rings (SSSR count). The molecule has 1 heterocycles. The van der Waals surface area contributed by atoms with Crippen molar-refractivity contribution in [2.24, 2.45) is 5.73 Å². The standard InChI is InChI=1S/C11H16N4O4/c1-4-19-10(17)8(12)9(16)15-11-13-6(2)5-7(14-11)18-3/h5,8H,4,12H2,1-3H3,(H,13,14,15,16). The number of anilines is 1. The SMILES string of the molecule is CCOC(=O)C(N)C(=O)Nc1nc(C)cc(OC)n1. The molecular formula is C11H16N4O4. The van der Waals surface area contributed by atoms with Crippen molar-refractivity contribution in [2.75, 3.05) is 19.0 Å². The van der Waals surface area contributed by atoms with E-state index in [-0.39, 0.29) is 12.6 Å². The van der Waals surface area contributed by atoms with Crippen LogP contribution in [0.2, 0.25) is 0 Å². The summed E-state index contributed by atoms with van der Waals surface area (Å²) in [5.74, 6) is -1.24. The highest BCUT2D eigenvalue weighted by molar-refractivity contribution is 6.07. The molecule has 1 atom stereocenters. The summed E-state index contributed by atoms with van der Waals surface area (Å²) < 4.78 is 9.58. The molecule has 0 fully saturated rings. The summed E-state index contributed by atoms with van der Waals surface area (Å²) >= 11 is 0. The normalized spacial score (nSPS) is 11.6. The van der Waals surface area contributed by atoms with Crippen molar-refractivity contribution >= 4 is 17.8 Å². The molecule has 0 aliphatic carbocycles. The second-order valence-electron chi connectivity index (χ2n) is 3.59. The summed E-state index contributed by atoms with van der Waals surface area (Å²) in [4.78, 5) is 30.9. The number of carbonyl (C=O) groups excluding carboxylic acids is 2. The molecule has 8 heteroatoms. The summed E-state index contributed by atoms with van der Waals surface area (Å²) in [6.07, 6.45) is 0. The number of amides is 1. The van der Waals surface area contributed by atoms with Gasteiger partial charge in [-0.05, 0) is 13.8 Å². The fraction of sp³-hybridized carbons (Fsp3) is 0.455. The zero-order chi connectivity index (χ0) is 14.4. The summed E-state index contributed by atoms with van der Waals surface area (Å²) in [6, 6.07) is 0.177. The number of esters is 1. The minimum absolute atomic E-state index is 0.0154. The van der Waals surface area contributed by atoms with E-state index in [4.69, 9.17) is 10.5 Å². The number of nitrogens with one attached hydrogen (secondary N) is 1. The van der Waals surface area contributed by atoms with Crippen LogP contribution in [0.5, 0.6) is 5.88 Å². The van der Waals surface area contributed by atoms with Crippen molar-refractivity contribution in [3.63, 3.8) is 0 Å². The molecule has 0 aliphatic heterocycles. The number of nitrogens with two attached hydrogens (primary N) is 1. The van der Waals surface area contributed by atoms with E-state index in [9.17, 15) is 9.59 Å². The lowest BCUT2D eigenvalue weighted by molar-refractivity contribution is -0.146. The van der Waals surface area contributed by atoms with Crippen molar-refractivity contribution in [1.82, 2.24) is 9.97 Å². The number of aromatic nitrogens is 2. The van der Waals surface area contributed by atoms with Gasteiger partial charge in [0.1, 0.15) is 0 Å². The van der Waals surface area contributed by atoms with Gasteiger partial charge in [0.15, 0.2) is 6.04 Å². The second kappa shape index (κ2) is 6.64. The molecule has 1 aromatic heterocycles. The first kappa shape index (κ1) is 14.8. The number of ether oxygens (including phenoxy) is 2. The van der Waals surface area contributed by atoms with Crippen molar-refractivity contribution in [1.29, 1.82) is 0 Å².